The van der Waals surface area contributed by atoms with Gasteiger partial charge < -0.3 is 24.4 Å². The minimum Gasteiger partial charge on any atom is -0.497 e. The Morgan fingerprint density at radius 3 is 2.21 bits per heavy atom. The second-order valence-electron chi connectivity index (χ2n) is 10.9. The molecule has 3 aromatic carbocycles. The Labute approximate surface area is 247 Å². The molecule has 2 amide bonds. The summed E-state index contributed by atoms with van der Waals surface area (Å²) in [5.74, 6) is 0.598. The zero-order valence-electron chi connectivity index (χ0n) is 24.5. The standard InChI is InChI=1S/C31H37N3O7S/c1-22(30(36)32-31(2,3)4)33(20-23-11-14-25(39-5)15-12-23)29(35)21-34(42(37,38)26-9-7-6-8-10-26)24-13-16-27-28(19-24)41-18-17-40-27/h6-16,19,22H,17-18,20-21H2,1-5H3,(H,32,36)/t22-/m1/s1. The van der Waals surface area contributed by atoms with Crippen LogP contribution in [0.4, 0.5) is 5.69 Å². The third-order valence-electron chi connectivity index (χ3n) is 6.60. The molecule has 0 fully saturated rings. The number of amides is 2. The molecule has 1 aliphatic rings. The Morgan fingerprint density at radius 1 is 0.952 bits per heavy atom. The lowest BCUT2D eigenvalue weighted by Crippen LogP contribution is -2.54. The van der Waals surface area contributed by atoms with E-state index in [0.29, 0.717) is 30.5 Å². The first-order chi connectivity index (χ1) is 19.9. The third kappa shape index (κ3) is 7.33. The van der Waals surface area contributed by atoms with E-state index in [-0.39, 0.29) is 23.0 Å². The molecular formula is C31H37N3O7S. The first kappa shape index (κ1) is 30.7. The Balaban J connectivity index is 1.73. The summed E-state index contributed by atoms with van der Waals surface area (Å²) in [6, 6.07) is 18.9. The van der Waals surface area contributed by atoms with Crippen LogP contribution in [-0.2, 0) is 26.2 Å². The van der Waals surface area contributed by atoms with Crippen LogP contribution < -0.4 is 23.8 Å². The predicted octanol–water partition coefficient (Wildman–Crippen LogP) is 3.99. The van der Waals surface area contributed by atoms with Crippen LogP contribution in [0.1, 0.15) is 33.3 Å². The second kappa shape index (κ2) is 12.7. The van der Waals surface area contributed by atoms with Crippen LogP contribution in [0, 0.1) is 0 Å². The van der Waals surface area contributed by atoms with Crippen molar-refractivity contribution in [2.24, 2.45) is 0 Å². The fourth-order valence-corrected chi connectivity index (χ4v) is 5.85. The number of rotatable bonds is 10. The minimum absolute atomic E-state index is 0.0212. The minimum atomic E-state index is -4.19. The molecule has 0 aliphatic carbocycles. The van der Waals surface area contributed by atoms with Gasteiger partial charge in [0.2, 0.25) is 11.8 Å². The molecule has 0 saturated carbocycles. The molecule has 1 N–H and O–H groups in total. The number of nitrogens with zero attached hydrogens (tertiary/aromatic N) is 2. The third-order valence-corrected chi connectivity index (χ3v) is 8.39. The van der Waals surface area contributed by atoms with Gasteiger partial charge in [-0.05, 0) is 69.7 Å². The van der Waals surface area contributed by atoms with Gasteiger partial charge in [-0.2, -0.15) is 0 Å². The normalized spacial score (nSPS) is 13.5. The molecule has 4 rings (SSSR count). The Hall–Kier alpha value is -4.25. The quantitative estimate of drug-likeness (QED) is 0.377. The number of sulfonamides is 1. The van der Waals surface area contributed by atoms with E-state index in [2.05, 4.69) is 5.32 Å². The van der Waals surface area contributed by atoms with Gasteiger partial charge in [0.05, 0.1) is 17.7 Å². The highest BCUT2D eigenvalue weighted by atomic mass is 32.2. The zero-order valence-corrected chi connectivity index (χ0v) is 25.3. The summed E-state index contributed by atoms with van der Waals surface area (Å²) < 4.78 is 45.5. The molecule has 224 valence electrons. The van der Waals surface area contributed by atoms with Crippen molar-refractivity contribution in [2.45, 2.75) is 50.7 Å². The van der Waals surface area contributed by atoms with Crippen LogP contribution in [-0.4, -0.2) is 63.6 Å². The first-order valence-electron chi connectivity index (χ1n) is 13.6. The molecule has 0 aromatic heterocycles. The van der Waals surface area contributed by atoms with E-state index in [9.17, 15) is 18.0 Å². The van der Waals surface area contributed by atoms with E-state index in [0.717, 1.165) is 9.87 Å². The number of hydrogen-bond donors (Lipinski definition) is 1. The second-order valence-corrected chi connectivity index (χ2v) is 12.8. The van der Waals surface area contributed by atoms with Gasteiger partial charge >= 0.3 is 0 Å². The molecule has 0 radical (unpaired) electrons. The highest BCUT2D eigenvalue weighted by Crippen LogP contribution is 2.36. The number of carbonyl (C=O) groups is 2. The lowest BCUT2D eigenvalue weighted by Gasteiger charge is -2.33. The fourth-order valence-electron chi connectivity index (χ4n) is 4.42. The van der Waals surface area contributed by atoms with Crippen molar-refractivity contribution in [3.63, 3.8) is 0 Å². The SMILES string of the molecule is COc1ccc(CN(C(=O)CN(c2ccc3c(c2)OCCO3)S(=O)(=O)c2ccccc2)[C@H](C)C(=O)NC(C)(C)C)cc1. The van der Waals surface area contributed by atoms with Crippen LogP contribution >= 0.6 is 0 Å². The summed E-state index contributed by atoms with van der Waals surface area (Å²) in [5.41, 5.74) is 0.442. The van der Waals surface area contributed by atoms with Gasteiger partial charge in [0.25, 0.3) is 10.0 Å². The van der Waals surface area contributed by atoms with E-state index in [4.69, 9.17) is 14.2 Å². The Kier molecular flexibility index (Phi) is 9.30. The molecule has 1 heterocycles. The molecule has 1 atom stereocenters. The summed E-state index contributed by atoms with van der Waals surface area (Å²) in [7, 11) is -2.63. The first-order valence-corrected chi connectivity index (χ1v) is 15.0. The van der Waals surface area contributed by atoms with Crippen molar-refractivity contribution in [1.82, 2.24) is 10.2 Å². The van der Waals surface area contributed by atoms with E-state index < -0.39 is 34.1 Å². The maximum atomic E-state index is 14.1. The molecule has 10 nitrogen and oxygen atoms in total. The van der Waals surface area contributed by atoms with Gasteiger partial charge in [-0.3, -0.25) is 13.9 Å². The number of carbonyl (C=O) groups excluding carboxylic acids is 2. The van der Waals surface area contributed by atoms with Gasteiger partial charge in [-0.25, -0.2) is 8.42 Å². The maximum absolute atomic E-state index is 14.1. The summed E-state index contributed by atoms with van der Waals surface area (Å²) in [4.78, 5) is 28.7. The van der Waals surface area contributed by atoms with Gasteiger partial charge in [0.1, 0.15) is 31.5 Å². The van der Waals surface area contributed by atoms with Crippen molar-refractivity contribution in [3.05, 3.63) is 78.4 Å². The number of fused-ring (bicyclic) bond motifs is 1. The highest BCUT2D eigenvalue weighted by Gasteiger charge is 2.34. The van der Waals surface area contributed by atoms with Gasteiger partial charge in [0.15, 0.2) is 11.5 Å². The number of benzene rings is 3. The van der Waals surface area contributed by atoms with Gasteiger partial charge in [-0.1, -0.05) is 30.3 Å². The Bertz CT molecular complexity index is 1500. The van der Waals surface area contributed by atoms with Crippen molar-refractivity contribution in [3.8, 4) is 17.2 Å². The Morgan fingerprint density at radius 2 is 1.60 bits per heavy atom. The molecule has 42 heavy (non-hydrogen) atoms. The summed E-state index contributed by atoms with van der Waals surface area (Å²) >= 11 is 0. The maximum Gasteiger partial charge on any atom is 0.264 e. The molecule has 0 spiro atoms. The number of hydrogen-bond acceptors (Lipinski definition) is 7. The lowest BCUT2D eigenvalue weighted by molar-refractivity contribution is -0.140. The van der Waals surface area contributed by atoms with E-state index >= 15 is 0 Å². The smallest absolute Gasteiger partial charge is 0.264 e. The molecule has 1 aliphatic heterocycles. The van der Waals surface area contributed by atoms with Crippen molar-refractivity contribution >= 4 is 27.5 Å². The topological polar surface area (TPSA) is 114 Å². The average molecular weight is 596 g/mol. The van der Waals surface area contributed by atoms with Gasteiger partial charge in [0, 0.05) is 18.2 Å². The molecule has 0 bridgehead atoms. The molecular weight excluding hydrogens is 558 g/mol. The van der Waals surface area contributed by atoms with Crippen molar-refractivity contribution in [1.29, 1.82) is 0 Å². The van der Waals surface area contributed by atoms with Crippen LogP contribution in [0.3, 0.4) is 0 Å². The number of ether oxygens (including phenoxy) is 3. The fraction of sp³-hybridized carbons (Fsp3) is 0.355. The van der Waals surface area contributed by atoms with Crippen LogP contribution in [0.5, 0.6) is 17.2 Å². The average Bonchev–Trinajstić information content (AvgIpc) is 2.97. The number of nitrogens with one attached hydrogen (secondary N) is 1. The summed E-state index contributed by atoms with van der Waals surface area (Å²) in [6.07, 6.45) is 0. The molecule has 0 saturated heterocycles. The van der Waals surface area contributed by atoms with Crippen LogP contribution in [0.2, 0.25) is 0 Å². The van der Waals surface area contributed by atoms with E-state index in [1.54, 1.807) is 74.7 Å². The van der Waals surface area contributed by atoms with Crippen molar-refractivity contribution < 1.29 is 32.2 Å². The zero-order chi connectivity index (χ0) is 30.5. The molecule has 0 unspecified atom stereocenters. The monoisotopic (exact) mass is 595 g/mol. The molecule has 11 heteroatoms. The molecule has 3 aromatic rings. The summed E-state index contributed by atoms with van der Waals surface area (Å²) in [5, 5.41) is 2.92. The number of methoxy groups -OCH3 is 1. The number of anilines is 1. The van der Waals surface area contributed by atoms with E-state index in [1.807, 2.05) is 20.8 Å². The van der Waals surface area contributed by atoms with Crippen LogP contribution in [0.15, 0.2) is 77.7 Å². The summed E-state index contributed by atoms with van der Waals surface area (Å²) in [6.45, 7) is 7.39. The largest absolute Gasteiger partial charge is 0.497 e. The lowest BCUT2D eigenvalue weighted by atomic mass is 10.1. The highest BCUT2D eigenvalue weighted by molar-refractivity contribution is 7.92. The van der Waals surface area contributed by atoms with E-state index in [1.165, 1.54) is 17.0 Å². The van der Waals surface area contributed by atoms with Gasteiger partial charge in [-0.15, -0.1) is 0 Å². The van der Waals surface area contributed by atoms with Crippen molar-refractivity contribution in [2.75, 3.05) is 31.2 Å². The predicted molar refractivity (Wildman–Crippen MR) is 159 cm³/mol. The van der Waals surface area contributed by atoms with Crippen LogP contribution in [0.25, 0.3) is 0 Å².